The summed E-state index contributed by atoms with van der Waals surface area (Å²) in [5.74, 6) is -0.407. The van der Waals surface area contributed by atoms with E-state index in [0.717, 1.165) is 69.3 Å². The van der Waals surface area contributed by atoms with Crippen LogP contribution in [0, 0.1) is 11.8 Å². The Bertz CT molecular complexity index is 2110. The number of hydrogen-bond donors (Lipinski definition) is 4. The second-order valence-corrected chi connectivity index (χ2v) is 16.4. The SMILES string of the molecule is CC(=O)N[C@H](C(=O)N1CCCC1C1=CN=C(c2cn3cc(-c4ccc(-c5cnc(C6CCCN6C(=O)[C@@H](NC(=O)CO)C(C)C)[nH]5)cc4)sc3n2)C1)C(C)C. The van der Waals surface area contributed by atoms with Gasteiger partial charge < -0.3 is 30.5 Å². The van der Waals surface area contributed by atoms with E-state index in [4.69, 9.17) is 9.98 Å². The van der Waals surface area contributed by atoms with E-state index in [1.54, 1.807) is 22.4 Å². The molecular formula is C40H49N9O5S. The van der Waals surface area contributed by atoms with Gasteiger partial charge in [0.25, 0.3) is 0 Å². The Hall–Kier alpha value is -5.15. The first-order chi connectivity index (χ1) is 26.4. The molecule has 0 saturated carbocycles. The lowest BCUT2D eigenvalue weighted by atomic mass is 9.98. The first-order valence-corrected chi connectivity index (χ1v) is 19.9. The van der Waals surface area contributed by atoms with Gasteiger partial charge in [0.15, 0.2) is 4.96 Å². The summed E-state index contributed by atoms with van der Waals surface area (Å²) in [7, 11) is 0. The van der Waals surface area contributed by atoms with E-state index in [2.05, 4.69) is 38.9 Å². The molecule has 4 N–H and O–H groups in total. The minimum Gasteiger partial charge on any atom is -0.387 e. The molecule has 2 fully saturated rings. The van der Waals surface area contributed by atoms with Gasteiger partial charge in [-0.05, 0) is 54.2 Å². The van der Waals surface area contributed by atoms with Crippen LogP contribution in [0.15, 0.2) is 59.6 Å². The number of aromatic nitrogens is 4. The molecule has 4 atom stereocenters. The van der Waals surface area contributed by atoms with E-state index < -0.39 is 24.6 Å². The van der Waals surface area contributed by atoms with Gasteiger partial charge in [-0.25, -0.2) is 9.97 Å². The van der Waals surface area contributed by atoms with Gasteiger partial charge in [-0.15, -0.1) is 0 Å². The van der Waals surface area contributed by atoms with Crippen LogP contribution < -0.4 is 10.6 Å². The van der Waals surface area contributed by atoms with Gasteiger partial charge in [-0.1, -0.05) is 63.3 Å². The Labute approximate surface area is 324 Å². The highest BCUT2D eigenvalue weighted by molar-refractivity contribution is 7.20. The van der Waals surface area contributed by atoms with Crippen LogP contribution in [0.2, 0.25) is 0 Å². The van der Waals surface area contributed by atoms with Crippen LogP contribution in [0.5, 0.6) is 0 Å². The van der Waals surface area contributed by atoms with Gasteiger partial charge in [-0.3, -0.25) is 28.6 Å². The molecular weight excluding hydrogens is 719 g/mol. The molecule has 3 aromatic heterocycles. The van der Waals surface area contributed by atoms with Crippen molar-refractivity contribution in [2.75, 3.05) is 19.7 Å². The Morgan fingerprint density at radius 1 is 0.909 bits per heavy atom. The van der Waals surface area contributed by atoms with Crippen molar-refractivity contribution in [3.8, 4) is 21.7 Å². The number of rotatable bonds is 12. The number of nitrogens with zero attached hydrogens (tertiary/aromatic N) is 6. The number of aromatic amines is 1. The third-order valence-corrected chi connectivity index (χ3v) is 11.8. The van der Waals surface area contributed by atoms with E-state index in [9.17, 15) is 24.3 Å². The molecule has 2 unspecified atom stereocenters. The normalized spacial score (nSPS) is 19.6. The number of thiazole rings is 1. The highest BCUT2D eigenvalue weighted by Crippen LogP contribution is 2.35. The number of aliphatic hydroxyl groups excluding tert-OH is 1. The number of carbonyl (C=O) groups is 4. The summed E-state index contributed by atoms with van der Waals surface area (Å²) < 4.78 is 2.03. The van der Waals surface area contributed by atoms with Crippen LogP contribution in [0.3, 0.4) is 0 Å². The molecule has 290 valence electrons. The Kier molecular flexibility index (Phi) is 11.0. The van der Waals surface area contributed by atoms with Crippen molar-refractivity contribution in [3.05, 3.63) is 66.1 Å². The Morgan fingerprint density at radius 2 is 1.55 bits per heavy atom. The fraction of sp³-hybridized carbons (Fsp3) is 0.475. The maximum atomic E-state index is 13.5. The minimum atomic E-state index is -0.719. The number of carbonyl (C=O) groups excluding carboxylic acids is 4. The lowest BCUT2D eigenvalue weighted by Crippen LogP contribution is -2.52. The number of hydrogen-bond acceptors (Lipinski definition) is 9. The summed E-state index contributed by atoms with van der Waals surface area (Å²) in [5, 5.41) is 14.7. The van der Waals surface area contributed by atoms with Crippen LogP contribution in [-0.2, 0) is 19.2 Å². The average molecular weight is 768 g/mol. The van der Waals surface area contributed by atoms with Gasteiger partial charge in [-0.2, -0.15) is 0 Å². The Morgan fingerprint density at radius 3 is 2.18 bits per heavy atom. The fourth-order valence-electron chi connectivity index (χ4n) is 7.89. The molecule has 3 aliphatic rings. The van der Waals surface area contributed by atoms with E-state index >= 15 is 0 Å². The molecule has 0 bridgehead atoms. The maximum Gasteiger partial charge on any atom is 0.246 e. The molecule has 1 aromatic carbocycles. The number of likely N-dealkylation sites (tertiary alicyclic amines) is 2. The molecule has 0 spiro atoms. The van der Waals surface area contributed by atoms with Crippen LogP contribution in [0.4, 0.5) is 0 Å². The summed E-state index contributed by atoms with van der Waals surface area (Å²) in [5.41, 5.74) is 5.69. The molecule has 4 amide bonds. The van der Waals surface area contributed by atoms with Gasteiger partial charge >= 0.3 is 0 Å². The number of aliphatic imine (C=N–C) groups is 1. The van der Waals surface area contributed by atoms with E-state index in [-0.39, 0.29) is 41.6 Å². The number of nitrogens with one attached hydrogen (secondary N) is 3. The quantitative estimate of drug-likeness (QED) is 0.164. The predicted molar refractivity (Wildman–Crippen MR) is 210 cm³/mol. The van der Waals surface area contributed by atoms with Gasteiger partial charge in [0.05, 0.1) is 34.6 Å². The average Bonchev–Trinajstić information content (AvgIpc) is 4.00. The zero-order chi connectivity index (χ0) is 39.0. The van der Waals surface area contributed by atoms with Crippen LogP contribution in [-0.4, -0.2) is 101 Å². The minimum absolute atomic E-state index is 0.0121. The summed E-state index contributed by atoms with van der Waals surface area (Å²) in [6.07, 6.45) is 11.8. The van der Waals surface area contributed by atoms with E-state index in [1.807, 2.05) is 61.5 Å². The number of H-pyrrole nitrogens is 1. The first-order valence-electron chi connectivity index (χ1n) is 19.1. The van der Waals surface area contributed by atoms with Gasteiger partial charge in [0, 0.05) is 45.0 Å². The summed E-state index contributed by atoms with van der Waals surface area (Å²) in [6, 6.07) is 6.73. The molecule has 2 saturated heterocycles. The van der Waals surface area contributed by atoms with Crippen LogP contribution in [0.25, 0.3) is 26.7 Å². The number of benzene rings is 1. The van der Waals surface area contributed by atoms with Crippen LogP contribution >= 0.6 is 11.3 Å². The maximum absolute atomic E-state index is 13.5. The van der Waals surface area contributed by atoms with Crippen LogP contribution in [0.1, 0.15) is 84.3 Å². The third kappa shape index (κ3) is 7.85. The molecule has 7 rings (SSSR count). The molecule has 15 heteroatoms. The van der Waals surface area contributed by atoms with Gasteiger partial charge in [0.2, 0.25) is 23.6 Å². The van der Waals surface area contributed by atoms with Crippen molar-refractivity contribution in [2.45, 2.75) is 90.9 Å². The zero-order valence-electron chi connectivity index (χ0n) is 31.9. The molecule has 55 heavy (non-hydrogen) atoms. The van der Waals surface area contributed by atoms with Crippen molar-refractivity contribution in [2.24, 2.45) is 16.8 Å². The monoisotopic (exact) mass is 767 g/mol. The lowest BCUT2D eigenvalue weighted by Gasteiger charge is -2.31. The number of aliphatic hydroxyl groups is 1. The summed E-state index contributed by atoms with van der Waals surface area (Å²) in [6.45, 7) is 9.69. The molecule has 6 heterocycles. The zero-order valence-corrected chi connectivity index (χ0v) is 32.7. The standard InChI is InChI=1S/C40H49N9O5S/c1-22(2)35(43-24(5)51)38(53)48-14-6-8-31(48)27-16-28(41-17-27)30-19-47-20-33(55-40(47)45-30)26-12-10-25(11-13-26)29-18-42-37(44-29)32-9-7-15-49(32)39(54)36(23(3)4)46-34(52)21-50/h10-13,17-20,22-23,31-32,35-36,50H,6-9,14-16,21H2,1-5H3,(H,42,44)(H,43,51)(H,46,52)/t31?,32?,35-,36-/m0/s1. The number of amides is 4. The van der Waals surface area contributed by atoms with Gasteiger partial charge in [0.1, 0.15) is 30.2 Å². The molecule has 4 aromatic rings. The second-order valence-electron chi connectivity index (χ2n) is 15.4. The first kappa shape index (κ1) is 38.1. The van der Waals surface area contributed by atoms with Crippen molar-refractivity contribution in [3.63, 3.8) is 0 Å². The smallest absolute Gasteiger partial charge is 0.246 e. The van der Waals surface area contributed by atoms with Crippen molar-refractivity contribution < 1.29 is 24.3 Å². The van der Waals surface area contributed by atoms with Crippen molar-refractivity contribution in [1.29, 1.82) is 0 Å². The lowest BCUT2D eigenvalue weighted by molar-refractivity contribution is -0.139. The Balaban J connectivity index is 0.988. The van der Waals surface area contributed by atoms with E-state index in [0.29, 0.717) is 25.3 Å². The highest BCUT2D eigenvalue weighted by atomic mass is 32.1. The topological polar surface area (TPSA) is 177 Å². The summed E-state index contributed by atoms with van der Waals surface area (Å²) in [4.78, 5) is 74.1. The number of imidazole rings is 2. The predicted octanol–water partition coefficient (Wildman–Crippen LogP) is 4.48. The molecule has 0 aliphatic carbocycles. The summed E-state index contributed by atoms with van der Waals surface area (Å²) >= 11 is 1.60. The molecule has 3 aliphatic heterocycles. The largest absolute Gasteiger partial charge is 0.387 e. The molecule has 14 nitrogen and oxygen atoms in total. The fourth-order valence-corrected chi connectivity index (χ4v) is 8.87. The second kappa shape index (κ2) is 15.9. The highest BCUT2D eigenvalue weighted by Gasteiger charge is 2.39. The van der Waals surface area contributed by atoms with E-state index in [1.165, 1.54) is 6.92 Å². The van der Waals surface area contributed by atoms with Crippen molar-refractivity contribution in [1.82, 2.24) is 39.8 Å². The molecule has 0 radical (unpaired) electrons. The van der Waals surface area contributed by atoms with Crippen molar-refractivity contribution >= 4 is 45.6 Å². The number of fused-ring (bicyclic) bond motifs is 1. The third-order valence-electron chi connectivity index (χ3n) is 10.8.